The van der Waals surface area contributed by atoms with Gasteiger partial charge in [-0.15, -0.1) is 12.8 Å². The lowest BCUT2D eigenvalue weighted by Gasteiger charge is -2.20. The molecule has 28 heavy (non-hydrogen) atoms. The smallest absolute Gasteiger partial charge is 0.269 e. The molecule has 2 atom stereocenters. The second-order valence-electron chi connectivity index (χ2n) is 6.09. The van der Waals surface area contributed by atoms with E-state index in [1.54, 1.807) is 40.1 Å². The molecule has 9 heteroatoms. The number of likely N-dealkylation sites (tertiary alicyclic amines) is 1. The minimum Gasteiger partial charge on any atom is -0.335 e. The highest BCUT2D eigenvalue weighted by atomic mass is 33.1. The summed E-state index contributed by atoms with van der Waals surface area (Å²) in [5.74, 6) is -0.749. The molecular weight excluding hydrogens is 401 g/mol. The van der Waals surface area contributed by atoms with Crippen LogP contribution in [-0.2, 0) is 0 Å². The standard InChI is InChI=1S/C17H14FN3O3S2.C2H2/c18-14-4-2-1-3-13(14)17(22)19-9-15-16(10-19)20(15)26-25-12-7-5-11(6-8-12)21(23)24;1-2/h1-8,15-16H,9-10H2;1-2H. The highest BCUT2D eigenvalue weighted by molar-refractivity contribution is 8.75. The van der Waals surface area contributed by atoms with Crippen LogP contribution < -0.4 is 0 Å². The van der Waals surface area contributed by atoms with Crippen molar-refractivity contribution >= 4 is 33.4 Å². The Morgan fingerprint density at radius 1 is 1.11 bits per heavy atom. The molecule has 2 aliphatic heterocycles. The first-order chi connectivity index (χ1) is 13.5. The normalized spacial score (nSPS) is 22.0. The van der Waals surface area contributed by atoms with Crippen LogP contribution in [0.5, 0.6) is 0 Å². The first-order valence-electron chi connectivity index (χ1n) is 8.29. The monoisotopic (exact) mass is 417 g/mol. The van der Waals surface area contributed by atoms with Crippen LogP contribution in [0.2, 0.25) is 0 Å². The molecule has 6 nitrogen and oxygen atoms in total. The van der Waals surface area contributed by atoms with Gasteiger partial charge in [-0.05, 0) is 46.0 Å². The topological polar surface area (TPSA) is 66.5 Å². The first kappa shape index (κ1) is 20.2. The van der Waals surface area contributed by atoms with Gasteiger partial charge in [0.05, 0.1) is 22.6 Å². The number of terminal acetylenes is 1. The third-order valence-electron chi connectivity index (χ3n) is 4.48. The molecule has 0 aromatic heterocycles. The average molecular weight is 417 g/mol. The summed E-state index contributed by atoms with van der Waals surface area (Å²) in [6, 6.07) is 13.0. The molecule has 2 aromatic carbocycles. The van der Waals surface area contributed by atoms with Crippen molar-refractivity contribution in [3.05, 3.63) is 70.0 Å². The number of carbonyl (C=O) groups is 1. The van der Waals surface area contributed by atoms with Gasteiger partial charge in [-0.25, -0.2) is 8.70 Å². The van der Waals surface area contributed by atoms with Crippen molar-refractivity contribution in [2.75, 3.05) is 13.1 Å². The number of nitro benzene ring substituents is 1. The molecule has 2 unspecified atom stereocenters. The third-order valence-corrected chi connectivity index (χ3v) is 7.05. The quantitative estimate of drug-likeness (QED) is 0.184. The third kappa shape index (κ3) is 4.14. The van der Waals surface area contributed by atoms with E-state index in [2.05, 4.69) is 17.2 Å². The van der Waals surface area contributed by atoms with E-state index in [4.69, 9.17) is 0 Å². The van der Waals surface area contributed by atoms with Crippen molar-refractivity contribution in [2.24, 2.45) is 0 Å². The predicted octanol–water partition coefficient (Wildman–Crippen LogP) is 3.85. The number of non-ortho nitro benzene ring substituents is 1. The largest absolute Gasteiger partial charge is 0.335 e. The summed E-state index contributed by atoms with van der Waals surface area (Å²) in [6.45, 7) is 1.18. The van der Waals surface area contributed by atoms with Crippen LogP contribution in [0, 0.1) is 28.8 Å². The van der Waals surface area contributed by atoms with Crippen LogP contribution in [0.1, 0.15) is 10.4 Å². The summed E-state index contributed by atoms with van der Waals surface area (Å²) < 4.78 is 16.0. The van der Waals surface area contributed by atoms with E-state index >= 15 is 0 Å². The molecule has 144 valence electrons. The number of hydrogen-bond donors (Lipinski definition) is 0. The Morgan fingerprint density at radius 3 is 2.29 bits per heavy atom. The van der Waals surface area contributed by atoms with Crippen molar-refractivity contribution in [1.29, 1.82) is 0 Å². The van der Waals surface area contributed by atoms with Crippen molar-refractivity contribution in [2.45, 2.75) is 17.0 Å². The lowest BCUT2D eigenvalue weighted by molar-refractivity contribution is -0.384. The molecule has 0 N–H and O–H groups in total. The van der Waals surface area contributed by atoms with Crippen LogP contribution in [0.4, 0.5) is 10.1 Å². The molecule has 2 aliphatic rings. The summed E-state index contributed by atoms with van der Waals surface area (Å²) in [7, 11) is 3.12. The van der Waals surface area contributed by atoms with Crippen molar-refractivity contribution in [1.82, 2.24) is 9.21 Å². The second-order valence-corrected chi connectivity index (χ2v) is 8.25. The number of piperazine rings is 1. The fourth-order valence-corrected chi connectivity index (χ4v) is 5.54. The number of carbonyl (C=O) groups excluding carboxylic acids is 1. The maximum atomic E-state index is 13.8. The van der Waals surface area contributed by atoms with Crippen LogP contribution in [0.25, 0.3) is 0 Å². The second kappa shape index (κ2) is 8.65. The van der Waals surface area contributed by atoms with Gasteiger partial charge in [0.25, 0.3) is 11.6 Å². The Kier molecular flexibility index (Phi) is 6.24. The molecule has 2 heterocycles. The number of nitrogens with zero attached hydrogens (tertiary/aromatic N) is 3. The average Bonchev–Trinajstić information content (AvgIpc) is 3.16. The summed E-state index contributed by atoms with van der Waals surface area (Å²) in [5.41, 5.74) is 0.193. The SMILES string of the molecule is C#C.O=C(c1ccccc1F)N1CC2C(C1)N2SSc1ccc([N+](=O)[O-])cc1. The number of rotatable bonds is 5. The summed E-state index contributed by atoms with van der Waals surface area (Å²) >= 11 is 0. The highest BCUT2D eigenvalue weighted by Gasteiger charge is 2.55. The molecule has 1 amide bonds. The van der Waals surface area contributed by atoms with E-state index in [0.29, 0.717) is 13.1 Å². The molecule has 0 spiro atoms. The Hall–Kier alpha value is -2.54. The zero-order valence-corrected chi connectivity index (χ0v) is 16.2. The van der Waals surface area contributed by atoms with Crippen LogP contribution in [0.3, 0.4) is 0 Å². The Morgan fingerprint density at radius 2 is 1.71 bits per heavy atom. The van der Waals surface area contributed by atoms with Gasteiger partial charge in [0.2, 0.25) is 0 Å². The van der Waals surface area contributed by atoms with Gasteiger partial charge in [0.15, 0.2) is 0 Å². The zero-order valence-electron chi connectivity index (χ0n) is 14.6. The lowest BCUT2D eigenvalue weighted by atomic mass is 10.2. The maximum absolute atomic E-state index is 13.8. The van der Waals surface area contributed by atoms with Gasteiger partial charge < -0.3 is 4.90 Å². The first-order valence-corrected chi connectivity index (χ1v) is 10.4. The Labute approximate surface area is 169 Å². The fraction of sp³-hybridized carbons (Fsp3) is 0.211. The summed E-state index contributed by atoms with van der Waals surface area (Å²) in [4.78, 5) is 25.3. The molecule has 2 aromatic rings. The molecule has 0 saturated carbocycles. The van der Waals surface area contributed by atoms with E-state index in [9.17, 15) is 19.3 Å². The Balaban J connectivity index is 0.00000109. The molecule has 2 fully saturated rings. The molecule has 0 bridgehead atoms. The van der Waals surface area contributed by atoms with Crippen molar-refractivity contribution < 1.29 is 14.1 Å². The van der Waals surface area contributed by atoms with E-state index in [1.165, 1.54) is 35.1 Å². The lowest BCUT2D eigenvalue weighted by Crippen LogP contribution is -2.34. The molecule has 0 aliphatic carbocycles. The fourth-order valence-electron chi connectivity index (χ4n) is 3.03. The minimum atomic E-state index is -0.488. The van der Waals surface area contributed by atoms with E-state index in [0.717, 1.165) is 4.90 Å². The van der Waals surface area contributed by atoms with Gasteiger partial charge in [0.1, 0.15) is 5.82 Å². The maximum Gasteiger partial charge on any atom is 0.269 e. The highest BCUT2D eigenvalue weighted by Crippen LogP contribution is 2.48. The number of amides is 1. The van der Waals surface area contributed by atoms with Gasteiger partial charge in [0, 0.05) is 30.1 Å². The number of halogens is 1. The van der Waals surface area contributed by atoms with Gasteiger partial charge in [-0.3, -0.25) is 14.9 Å². The zero-order chi connectivity index (χ0) is 20.3. The number of nitro groups is 1. The predicted molar refractivity (Wildman–Crippen MR) is 108 cm³/mol. The number of hydrogen-bond acceptors (Lipinski definition) is 6. The summed E-state index contributed by atoms with van der Waals surface area (Å²) in [5, 5.41) is 10.7. The van der Waals surface area contributed by atoms with Crippen molar-refractivity contribution in [3.8, 4) is 12.8 Å². The molecular formula is C19H16FN3O3S2. The number of fused-ring (bicyclic) bond motifs is 1. The van der Waals surface area contributed by atoms with Crippen LogP contribution in [-0.4, -0.2) is 45.2 Å². The molecule has 2 saturated heterocycles. The van der Waals surface area contributed by atoms with E-state index in [-0.39, 0.29) is 29.2 Å². The molecule has 4 rings (SSSR count). The van der Waals surface area contributed by atoms with Crippen molar-refractivity contribution in [3.63, 3.8) is 0 Å². The molecule has 0 radical (unpaired) electrons. The van der Waals surface area contributed by atoms with E-state index < -0.39 is 10.7 Å². The number of benzene rings is 2. The van der Waals surface area contributed by atoms with E-state index in [1.807, 2.05) is 0 Å². The van der Waals surface area contributed by atoms with Crippen LogP contribution in [0.15, 0.2) is 53.4 Å². The summed E-state index contributed by atoms with van der Waals surface area (Å²) in [6.07, 6.45) is 8.00. The van der Waals surface area contributed by atoms with Gasteiger partial charge >= 0.3 is 0 Å². The van der Waals surface area contributed by atoms with Gasteiger partial charge in [-0.1, -0.05) is 12.1 Å². The Bertz CT molecular complexity index is 895. The minimum absolute atomic E-state index is 0.0743. The van der Waals surface area contributed by atoms with Gasteiger partial charge in [-0.2, -0.15) is 0 Å². The van der Waals surface area contributed by atoms with Crippen LogP contribution >= 0.6 is 21.8 Å².